The summed E-state index contributed by atoms with van der Waals surface area (Å²) in [6.45, 7) is 4.57. The Morgan fingerprint density at radius 1 is 1.72 bits per heavy atom. The molecule has 0 aliphatic heterocycles. The van der Waals surface area contributed by atoms with Gasteiger partial charge >= 0.3 is 0 Å². The first-order chi connectivity index (χ1) is 8.56. The van der Waals surface area contributed by atoms with Gasteiger partial charge in [-0.2, -0.15) is 5.10 Å². The number of amides is 1. The number of aryl methyl sites for hydroxylation is 1. The number of aromatic nitrogens is 2. The third kappa shape index (κ3) is 2.56. The molecule has 2 rings (SSSR count). The van der Waals surface area contributed by atoms with Crippen LogP contribution in [0.4, 0.5) is 0 Å². The summed E-state index contributed by atoms with van der Waals surface area (Å²) in [4.78, 5) is 12.2. The summed E-state index contributed by atoms with van der Waals surface area (Å²) in [6, 6.07) is 0. The van der Waals surface area contributed by atoms with E-state index in [2.05, 4.69) is 22.4 Å². The molecule has 0 aromatic carbocycles. The second-order valence-corrected chi connectivity index (χ2v) is 5.55. The Bertz CT molecular complexity index is 428. The minimum Gasteiger partial charge on any atom is -0.345 e. The third-order valence-corrected chi connectivity index (χ3v) is 3.94. The van der Waals surface area contributed by atoms with Gasteiger partial charge in [0.1, 0.15) is 0 Å². The molecule has 2 unspecified atom stereocenters. The Labute approximate surface area is 108 Å². The predicted molar refractivity (Wildman–Crippen MR) is 70.2 cm³/mol. The van der Waals surface area contributed by atoms with E-state index in [9.17, 15) is 4.79 Å². The first-order valence-electron chi connectivity index (χ1n) is 6.59. The monoisotopic (exact) mass is 250 g/mol. The van der Waals surface area contributed by atoms with E-state index in [4.69, 9.17) is 5.73 Å². The van der Waals surface area contributed by atoms with Crippen molar-refractivity contribution < 1.29 is 4.79 Å². The van der Waals surface area contributed by atoms with Crippen molar-refractivity contribution in [3.8, 4) is 0 Å². The van der Waals surface area contributed by atoms with Gasteiger partial charge < -0.3 is 11.1 Å². The van der Waals surface area contributed by atoms with Gasteiger partial charge in [-0.05, 0) is 25.7 Å². The highest BCUT2D eigenvalue weighted by atomic mass is 16.1. The molecule has 0 radical (unpaired) electrons. The number of hydrogen-bond acceptors (Lipinski definition) is 3. The second-order valence-electron chi connectivity index (χ2n) is 5.55. The Morgan fingerprint density at radius 3 is 3.06 bits per heavy atom. The second kappa shape index (κ2) is 5.10. The molecule has 1 heterocycles. The number of nitrogens with one attached hydrogen (secondary N) is 2. The quantitative estimate of drug-likeness (QED) is 0.757. The number of nitrogens with zero attached hydrogens (tertiary/aromatic N) is 1. The van der Waals surface area contributed by atoms with Crippen LogP contribution in [0.5, 0.6) is 0 Å². The summed E-state index contributed by atoms with van der Waals surface area (Å²) in [5, 5.41) is 9.80. The Kier molecular flexibility index (Phi) is 3.71. The fourth-order valence-corrected chi connectivity index (χ4v) is 2.90. The van der Waals surface area contributed by atoms with Crippen LogP contribution in [0.1, 0.15) is 48.7 Å². The smallest absolute Gasteiger partial charge is 0.255 e. The van der Waals surface area contributed by atoms with Crippen LogP contribution in [0.15, 0.2) is 6.20 Å². The highest BCUT2D eigenvalue weighted by molar-refractivity contribution is 5.95. The van der Waals surface area contributed by atoms with Crippen LogP contribution in [-0.4, -0.2) is 28.2 Å². The van der Waals surface area contributed by atoms with Gasteiger partial charge in [-0.1, -0.05) is 19.8 Å². The maximum Gasteiger partial charge on any atom is 0.255 e. The van der Waals surface area contributed by atoms with Gasteiger partial charge in [0.05, 0.1) is 17.3 Å². The highest BCUT2D eigenvalue weighted by Gasteiger charge is 2.35. The first-order valence-corrected chi connectivity index (χ1v) is 6.59. The molecule has 0 spiro atoms. The van der Waals surface area contributed by atoms with E-state index in [0.717, 1.165) is 25.0 Å². The number of hydrogen-bond donors (Lipinski definition) is 3. The van der Waals surface area contributed by atoms with E-state index in [1.807, 2.05) is 6.92 Å². The largest absolute Gasteiger partial charge is 0.345 e. The van der Waals surface area contributed by atoms with Gasteiger partial charge in [0.25, 0.3) is 5.91 Å². The van der Waals surface area contributed by atoms with E-state index in [-0.39, 0.29) is 11.4 Å². The molecular formula is C13H22N4O. The number of aromatic amines is 1. The molecule has 1 aliphatic carbocycles. The summed E-state index contributed by atoms with van der Waals surface area (Å²) < 4.78 is 0. The highest BCUT2D eigenvalue weighted by Crippen LogP contribution is 2.31. The third-order valence-electron chi connectivity index (χ3n) is 3.94. The molecule has 5 nitrogen and oxygen atoms in total. The number of carbonyl (C=O) groups is 1. The van der Waals surface area contributed by atoms with Crippen LogP contribution in [0.25, 0.3) is 0 Å². The van der Waals surface area contributed by atoms with Crippen LogP contribution < -0.4 is 11.1 Å². The van der Waals surface area contributed by atoms with E-state index in [0.29, 0.717) is 18.0 Å². The maximum atomic E-state index is 12.2. The molecule has 5 heteroatoms. The normalized spacial score (nSPS) is 28.1. The summed E-state index contributed by atoms with van der Waals surface area (Å²) in [7, 11) is 0. The summed E-state index contributed by atoms with van der Waals surface area (Å²) in [5.74, 6) is 0.550. The van der Waals surface area contributed by atoms with Crippen LogP contribution in [0, 0.1) is 12.8 Å². The number of nitrogens with two attached hydrogens (primary N) is 1. The SMILES string of the molecule is Cc1[nH]ncc1C(=O)NC1(CN)CCCC(C)C1. The molecule has 1 saturated carbocycles. The minimum absolute atomic E-state index is 0.0687. The zero-order valence-corrected chi connectivity index (χ0v) is 11.1. The van der Waals surface area contributed by atoms with Gasteiger partial charge in [-0.3, -0.25) is 9.89 Å². The molecule has 0 bridgehead atoms. The van der Waals surface area contributed by atoms with Crippen LogP contribution in [0.2, 0.25) is 0 Å². The molecule has 2 atom stereocenters. The predicted octanol–water partition coefficient (Wildman–Crippen LogP) is 1.36. The van der Waals surface area contributed by atoms with E-state index < -0.39 is 0 Å². The first kappa shape index (κ1) is 13.1. The molecule has 4 N–H and O–H groups in total. The number of rotatable bonds is 3. The molecule has 1 aliphatic rings. The molecule has 0 saturated heterocycles. The fraction of sp³-hybridized carbons (Fsp3) is 0.692. The van der Waals surface area contributed by atoms with Crippen molar-refractivity contribution in [3.63, 3.8) is 0 Å². The van der Waals surface area contributed by atoms with Crippen molar-refractivity contribution in [1.29, 1.82) is 0 Å². The average molecular weight is 250 g/mol. The van der Waals surface area contributed by atoms with Gasteiger partial charge in [0.2, 0.25) is 0 Å². The summed E-state index contributed by atoms with van der Waals surface area (Å²) in [6.07, 6.45) is 5.86. The lowest BCUT2D eigenvalue weighted by atomic mass is 9.76. The lowest BCUT2D eigenvalue weighted by molar-refractivity contribution is 0.0853. The minimum atomic E-state index is -0.238. The van der Waals surface area contributed by atoms with Gasteiger partial charge in [0.15, 0.2) is 0 Å². The summed E-state index contributed by atoms with van der Waals surface area (Å²) >= 11 is 0. The Balaban J connectivity index is 2.11. The van der Waals surface area contributed by atoms with Gasteiger partial charge in [-0.25, -0.2) is 0 Å². The molecular weight excluding hydrogens is 228 g/mol. The molecule has 1 fully saturated rings. The topological polar surface area (TPSA) is 83.8 Å². The number of H-pyrrole nitrogens is 1. The molecule has 100 valence electrons. The van der Waals surface area contributed by atoms with E-state index in [1.54, 1.807) is 6.20 Å². The molecule has 1 aromatic rings. The fourth-order valence-electron chi connectivity index (χ4n) is 2.90. The number of carbonyl (C=O) groups excluding carboxylic acids is 1. The van der Waals surface area contributed by atoms with Crippen molar-refractivity contribution in [3.05, 3.63) is 17.5 Å². The lowest BCUT2D eigenvalue weighted by Gasteiger charge is -2.40. The van der Waals surface area contributed by atoms with Crippen molar-refractivity contribution in [1.82, 2.24) is 15.5 Å². The van der Waals surface area contributed by atoms with E-state index in [1.165, 1.54) is 6.42 Å². The van der Waals surface area contributed by atoms with Gasteiger partial charge in [-0.15, -0.1) is 0 Å². The van der Waals surface area contributed by atoms with Crippen LogP contribution in [-0.2, 0) is 0 Å². The van der Waals surface area contributed by atoms with Crippen LogP contribution in [0.3, 0.4) is 0 Å². The zero-order valence-electron chi connectivity index (χ0n) is 11.1. The Hall–Kier alpha value is -1.36. The van der Waals surface area contributed by atoms with Crippen molar-refractivity contribution in [2.75, 3.05) is 6.54 Å². The van der Waals surface area contributed by atoms with Crippen molar-refractivity contribution in [2.45, 2.75) is 45.1 Å². The maximum absolute atomic E-state index is 12.2. The van der Waals surface area contributed by atoms with Crippen molar-refractivity contribution >= 4 is 5.91 Å². The average Bonchev–Trinajstić information content (AvgIpc) is 2.75. The van der Waals surface area contributed by atoms with Crippen LogP contribution >= 0.6 is 0 Å². The lowest BCUT2D eigenvalue weighted by Crippen LogP contribution is -2.56. The van der Waals surface area contributed by atoms with Crippen molar-refractivity contribution in [2.24, 2.45) is 11.7 Å². The molecule has 1 aromatic heterocycles. The zero-order chi connectivity index (χ0) is 13.2. The standard InChI is InChI=1S/C13H22N4O/c1-9-4-3-5-13(6-9,8-14)16-12(18)11-7-15-17-10(11)2/h7,9H,3-6,8,14H2,1-2H3,(H,15,17)(H,16,18). The summed E-state index contributed by atoms with van der Waals surface area (Å²) in [5.41, 5.74) is 7.07. The van der Waals surface area contributed by atoms with E-state index >= 15 is 0 Å². The Morgan fingerprint density at radius 2 is 2.50 bits per heavy atom. The van der Waals surface area contributed by atoms with Gasteiger partial charge in [0, 0.05) is 12.2 Å². The molecule has 1 amide bonds. The molecule has 18 heavy (non-hydrogen) atoms.